The number of halogens is 1. The Morgan fingerprint density at radius 3 is 2.76 bits per heavy atom. The van der Waals surface area contributed by atoms with E-state index in [9.17, 15) is 4.79 Å². The minimum atomic E-state index is -0.269. The van der Waals surface area contributed by atoms with E-state index >= 15 is 0 Å². The molecule has 3 N–H and O–H groups in total. The number of carbonyl (C=O) groups excluding carboxylic acids is 1. The number of rotatable bonds is 5. The van der Waals surface area contributed by atoms with E-state index in [2.05, 4.69) is 5.32 Å². The van der Waals surface area contributed by atoms with Gasteiger partial charge in [0.2, 0.25) is 0 Å². The molecule has 5 heteroatoms. The van der Waals surface area contributed by atoms with Crippen LogP contribution in [0, 0.1) is 0 Å². The lowest BCUT2D eigenvalue weighted by Gasteiger charge is -2.10. The van der Waals surface area contributed by atoms with Gasteiger partial charge in [0.1, 0.15) is 5.75 Å². The Bertz CT molecular complexity index is 629. The van der Waals surface area contributed by atoms with Crippen molar-refractivity contribution in [2.45, 2.75) is 13.0 Å². The van der Waals surface area contributed by atoms with Gasteiger partial charge in [-0.25, -0.2) is 0 Å². The molecule has 0 fully saturated rings. The predicted octanol–water partition coefficient (Wildman–Crippen LogP) is 3.38. The zero-order chi connectivity index (χ0) is 15.2. The van der Waals surface area contributed by atoms with Crippen LogP contribution in [0.15, 0.2) is 48.5 Å². The summed E-state index contributed by atoms with van der Waals surface area (Å²) >= 11 is 5.97. The van der Waals surface area contributed by atoms with Crippen molar-refractivity contribution in [3.63, 3.8) is 0 Å². The Balaban J connectivity index is 1.92. The molecule has 1 atom stereocenters. The second kappa shape index (κ2) is 7.11. The van der Waals surface area contributed by atoms with Crippen molar-refractivity contribution in [3.8, 4) is 5.75 Å². The summed E-state index contributed by atoms with van der Waals surface area (Å²) in [5, 5.41) is 3.19. The summed E-state index contributed by atoms with van der Waals surface area (Å²) in [6.07, 6.45) is 0. The summed E-state index contributed by atoms with van der Waals surface area (Å²) in [7, 11) is 0. The number of amides is 1. The maximum absolute atomic E-state index is 11.8. The lowest BCUT2D eigenvalue weighted by Crippen LogP contribution is -2.20. The van der Waals surface area contributed by atoms with Crippen LogP contribution in [-0.2, 0) is 4.79 Å². The van der Waals surface area contributed by atoms with Crippen LogP contribution in [0.25, 0.3) is 0 Å². The van der Waals surface area contributed by atoms with Crippen LogP contribution in [0.3, 0.4) is 0 Å². The second-order valence-corrected chi connectivity index (χ2v) is 5.09. The molecule has 0 aromatic heterocycles. The summed E-state index contributed by atoms with van der Waals surface area (Å²) in [6.45, 7) is 1.80. The van der Waals surface area contributed by atoms with E-state index in [1.165, 1.54) is 0 Å². The van der Waals surface area contributed by atoms with E-state index in [-0.39, 0.29) is 18.6 Å². The third kappa shape index (κ3) is 4.48. The van der Waals surface area contributed by atoms with Gasteiger partial charge in [-0.2, -0.15) is 0 Å². The largest absolute Gasteiger partial charge is 0.484 e. The van der Waals surface area contributed by atoms with Crippen LogP contribution in [0.1, 0.15) is 18.5 Å². The highest BCUT2D eigenvalue weighted by Gasteiger charge is 2.07. The molecule has 1 unspecified atom stereocenters. The fraction of sp³-hybridized carbons (Fsp3) is 0.188. The quantitative estimate of drug-likeness (QED) is 0.890. The monoisotopic (exact) mass is 304 g/mol. The van der Waals surface area contributed by atoms with Gasteiger partial charge < -0.3 is 15.8 Å². The number of ether oxygens (including phenoxy) is 1. The molecule has 0 heterocycles. The molecule has 21 heavy (non-hydrogen) atoms. The van der Waals surface area contributed by atoms with Gasteiger partial charge in [0.25, 0.3) is 5.91 Å². The smallest absolute Gasteiger partial charge is 0.262 e. The molecule has 0 spiro atoms. The van der Waals surface area contributed by atoms with Crippen molar-refractivity contribution < 1.29 is 9.53 Å². The van der Waals surface area contributed by atoms with E-state index in [4.69, 9.17) is 22.1 Å². The van der Waals surface area contributed by atoms with Crippen molar-refractivity contribution >= 4 is 23.2 Å². The van der Waals surface area contributed by atoms with E-state index < -0.39 is 0 Å². The Morgan fingerprint density at radius 2 is 2.05 bits per heavy atom. The molecular weight excluding hydrogens is 288 g/mol. The number of hydrogen-bond acceptors (Lipinski definition) is 3. The Hall–Kier alpha value is -2.04. The average Bonchev–Trinajstić information content (AvgIpc) is 2.48. The van der Waals surface area contributed by atoms with Gasteiger partial charge in [0, 0.05) is 6.04 Å². The molecule has 0 aliphatic heterocycles. The van der Waals surface area contributed by atoms with Crippen LogP contribution >= 0.6 is 11.6 Å². The highest BCUT2D eigenvalue weighted by atomic mass is 35.5. The van der Waals surface area contributed by atoms with Crippen molar-refractivity contribution in [3.05, 3.63) is 59.1 Å². The van der Waals surface area contributed by atoms with E-state index in [1.54, 1.807) is 30.3 Å². The predicted molar refractivity (Wildman–Crippen MR) is 84.6 cm³/mol. The molecule has 1 amide bonds. The first-order chi connectivity index (χ1) is 10.1. The standard InChI is InChI=1S/C16H17ClN2O2/c1-11(18)12-5-4-6-13(9-12)21-10-16(20)19-15-8-3-2-7-14(15)17/h2-9,11H,10,18H2,1H3,(H,19,20). The number of anilines is 1. The third-order valence-corrected chi connectivity index (χ3v) is 3.23. The number of carbonyl (C=O) groups is 1. The van der Waals surface area contributed by atoms with Gasteiger partial charge in [-0.15, -0.1) is 0 Å². The zero-order valence-corrected chi connectivity index (χ0v) is 12.4. The van der Waals surface area contributed by atoms with Crippen molar-refractivity contribution in [2.24, 2.45) is 5.73 Å². The molecule has 0 aliphatic rings. The van der Waals surface area contributed by atoms with Crippen LogP contribution in [0.5, 0.6) is 5.75 Å². The fourth-order valence-electron chi connectivity index (χ4n) is 1.79. The summed E-state index contributed by atoms with van der Waals surface area (Å²) in [5.74, 6) is 0.341. The molecule has 2 rings (SSSR count). The maximum Gasteiger partial charge on any atom is 0.262 e. The van der Waals surface area contributed by atoms with Gasteiger partial charge in [0.05, 0.1) is 10.7 Å². The maximum atomic E-state index is 11.8. The number of para-hydroxylation sites is 1. The molecule has 0 saturated carbocycles. The van der Waals surface area contributed by atoms with Gasteiger partial charge in [-0.1, -0.05) is 35.9 Å². The normalized spacial score (nSPS) is 11.8. The van der Waals surface area contributed by atoms with Crippen LogP contribution < -0.4 is 15.8 Å². The molecule has 0 radical (unpaired) electrons. The Labute approximate surface area is 128 Å². The fourth-order valence-corrected chi connectivity index (χ4v) is 1.97. The van der Waals surface area contributed by atoms with Crippen LogP contribution in [0.4, 0.5) is 5.69 Å². The molecule has 4 nitrogen and oxygen atoms in total. The molecule has 0 aliphatic carbocycles. The van der Waals surface area contributed by atoms with Crippen molar-refractivity contribution in [2.75, 3.05) is 11.9 Å². The van der Waals surface area contributed by atoms with Crippen molar-refractivity contribution in [1.29, 1.82) is 0 Å². The first kappa shape index (κ1) is 15.4. The van der Waals surface area contributed by atoms with E-state index in [0.717, 1.165) is 5.56 Å². The summed E-state index contributed by atoms with van der Waals surface area (Å²) < 4.78 is 5.46. The van der Waals surface area contributed by atoms with Gasteiger partial charge in [0.15, 0.2) is 6.61 Å². The van der Waals surface area contributed by atoms with Crippen LogP contribution in [-0.4, -0.2) is 12.5 Å². The van der Waals surface area contributed by atoms with Gasteiger partial charge in [-0.3, -0.25) is 4.79 Å². The molecular formula is C16H17ClN2O2. The molecule has 2 aromatic carbocycles. The number of benzene rings is 2. The van der Waals surface area contributed by atoms with E-state index in [0.29, 0.717) is 16.5 Å². The highest BCUT2D eigenvalue weighted by molar-refractivity contribution is 6.33. The third-order valence-electron chi connectivity index (χ3n) is 2.90. The minimum Gasteiger partial charge on any atom is -0.484 e. The molecule has 2 aromatic rings. The number of nitrogens with two attached hydrogens (primary N) is 1. The number of nitrogens with one attached hydrogen (secondary N) is 1. The topological polar surface area (TPSA) is 64.3 Å². The van der Waals surface area contributed by atoms with Crippen molar-refractivity contribution in [1.82, 2.24) is 0 Å². The number of hydrogen-bond donors (Lipinski definition) is 2. The Kier molecular flexibility index (Phi) is 5.20. The second-order valence-electron chi connectivity index (χ2n) is 4.68. The van der Waals surface area contributed by atoms with Crippen LogP contribution in [0.2, 0.25) is 5.02 Å². The summed E-state index contributed by atoms with van der Waals surface area (Å²) in [4.78, 5) is 11.8. The lowest BCUT2D eigenvalue weighted by molar-refractivity contribution is -0.118. The summed E-state index contributed by atoms with van der Waals surface area (Å²) in [5.41, 5.74) is 7.33. The molecule has 0 saturated heterocycles. The minimum absolute atomic E-state index is 0.0782. The Morgan fingerprint density at radius 1 is 1.29 bits per heavy atom. The zero-order valence-electron chi connectivity index (χ0n) is 11.7. The first-order valence-corrected chi connectivity index (χ1v) is 6.97. The average molecular weight is 305 g/mol. The molecule has 0 bridgehead atoms. The SMILES string of the molecule is CC(N)c1cccc(OCC(=O)Nc2ccccc2Cl)c1. The molecule has 110 valence electrons. The van der Waals surface area contributed by atoms with Gasteiger partial charge in [-0.05, 0) is 36.8 Å². The highest BCUT2D eigenvalue weighted by Crippen LogP contribution is 2.21. The summed E-state index contributed by atoms with van der Waals surface area (Å²) in [6, 6.07) is 14.3. The first-order valence-electron chi connectivity index (χ1n) is 6.59. The lowest BCUT2D eigenvalue weighted by atomic mass is 10.1. The van der Waals surface area contributed by atoms with Gasteiger partial charge >= 0.3 is 0 Å². The van der Waals surface area contributed by atoms with E-state index in [1.807, 2.05) is 25.1 Å².